The maximum atomic E-state index is 12.2. The van der Waals surface area contributed by atoms with Crippen molar-refractivity contribution in [2.45, 2.75) is 18.4 Å². The van der Waals surface area contributed by atoms with E-state index in [1.54, 1.807) is 19.4 Å². The van der Waals surface area contributed by atoms with E-state index in [4.69, 9.17) is 4.74 Å². The predicted octanol–water partition coefficient (Wildman–Crippen LogP) is 2.01. The molecule has 1 aromatic heterocycles. The van der Waals surface area contributed by atoms with Gasteiger partial charge in [-0.1, -0.05) is 12.1 Å². The van der Waals surface area contributed by atoms with E-state index in [9.17, 15) is 8.42 Å². The number of hydrogen-bond acceptors (Lipinski definition) is 5. The zero-order valence-corrected chi connectivity index (χ0v) is 15.9. The lowest BCUT2D eigenvalue weighted by molar-refractivity contribution is 0.306. The van der Waals surface area contributed by atoms with Gasteiger partial charge in [-0.2, -0.15) is 0 Å². The summed E-state index contributed by atoms with van der Waals surface area (Å²) in [4.78, 5) is 6.95. The van der Waals surface area contributed by atoms with Gasteiger partial charge in [0.25, 0.3) is 0 Å². The number of sulfonamides is 1. The van der Waals surface area contributed by atoms with Crippen LogP contribution in [0.5, 0.6) is 5.75 Å². The predicted molar refractivity (Wildman–Crippen MR) is 101 cm³/mol. The molecule has 0 unspecified atom stereocenters. The summed E-state index contributed by atoms with van der Waals surface area (Å²) in [7, 11) is -1.64. The highest BCUT2D eigenvalue weighted by Gasteiger charge is 2.50. The Morgan fingerprint density at radius 3 is 2.65 bits per heavy atom. The Morgan fingerprint density at radius 2 is 1.96 bits per heavy atom. The molecule has 0 amide bonds. The van der Waals surface area contributed by atoms with Crippen LogP contribution in [0.2, 0.25) is 0 Å². The van der Waals surface area contributed by atoms with Crippen LogP contribution in [-0.4, -0.2) is 51.3 Å². The van der Waals surface area contributed by atoms with Gasteiger partial charge in [-0.3, -0.25) is 14.2 Å². The van der Waals surface area contributed by atoms with E-state index < -0.39 is 10.0 Å². The average Bonchev–Trinajstić information content (AvgIpc) is 3.18. The van der Waals surface area contributed by atoms with E-state index in [2.05, 4.69) is 22.0 Å². The number of methoxy groups -OCH3 is 1. The molecule has 26 heavy (non-hydrogen) atoms. The van der Waals surface area contributed by atoms with Gasteiger partial charge in [0, 0.05) is 31.2 Å². The number of hydrogen-bond donors (Lipinski definition) is 0. The number of nitrogens with zero attached hydrogens (tertiary/aromatic N) is 3. The Labute approximate surface area is 154 Å². The maximum Gasteiger partial charge on any atom is 0.232 e. The fraction of sp³-hybridized carbons (Fsp3) is 0.421. The minimum atomic E-state index is -3.30. The molecule has 0 saturated carbocycles. The van der Waals surface area contributed by atoms with Gasteiger partial charge in [0.1, 0.15) is 5.75 Å². The summed E-state index contributed by atoms with van der Waals surface area (Å²) in [5.74, 6) is 0.851. The van der Waals surface area contributed by atoms with Gasteiger partial charge >= 0.3 is 0 Å². The van der Waals surface area contributed by atoms with Crippen molar-refractivity contribution in [1.29, 1.82) is 0 Å². The minimum absolute atomic E-state index is 0.216. The first-order valence-electron chi connectivity index (χ1n) is 8.70. The van der Waals surface area contributed by atoms with Gasteiger partial charge in [-0.25, -0.2) is 8.42 Å². The van der Waals surface area contributed by atoms with E-state index in [-0.39, 0.29) is 5.41 Å². The molecule has 1 saturated heterocycles. The molecule has 0 N–H and O–H groups in total. The van der Waals surface area contributed by atoms with E-state index in [0.717, 1.165) is 43.2 Å². The van der Waals surface area contributed by atoms with Gasteiger partial charge in [0.15, 0.2) is 0 Å². The fourth-order valence-corrected chi connectivity index (χ4v) is 5.13. The van der Waals surface area contributed by atoms with Crippen LogP contribution in [0.4, 0.5) is 5.69 Å². The van der Waals surface area contributed by atoms with Crippen molar-refractivity contribution < 1.29 is 13.2 Å². The Balaban J connectivity index is 1.57. The first kappa shape index (κ1) is 17.3. The van der Waals surface area contributed by atoms with Crippen LogP contribution in [0.3, 0.4) is 0 Å². The summed E-state index contributed by atoms with van der Waals surface area (Å²) >= 11 is 0. The molecule has 1 aromatic carbocycles. The number of likely N-dealkylation sites (tertiary alicyclic amines) is 1. The van der Waals surface area contributed by atoms with Crippen LogP contribution in [0.1, 0.15) is 17.7 Å². The molecule has 1 fully saturated rings. The summed E-state index contributed by atoms with van der Waals surface area (Å²) in [5, 5.41) is 0. The third-order valence-electron chi connectivity index (χ3n) is 5.40. The molecule has 6 nitrogen and oxygen atoms in total. The number of fused-ring (bicyclic) bond motifs is 2. The van der Waals surface area contributed by atoms with Crippen LogP contribution in [0, 0.1) is 0 Å². The number of pyridine rings is 1. The third kappa shape index (κ3) is 2.95. The van der Waals surface area contributed by atoms with E-state index in [0.29, 0.717) is 6.54 Å². The Bertz CT molecular complexity index is 914. The zero-order chi connectivity index (χ0) is 18.4. The normalized spacial score (nSPS) is 22.8. The molecule has 7 heteroatoms. The van der Waals surface area contributed by atoms with Crippen LogP contribution < -0.4 is 9.04 Å². The number of ether oxygens (including phenoxy) is 1. The topological polar surface area (TPSA) is 62.7 Å². The van der Waals surface area contributed by atoms with Gasteiger partial charge in [-0.15, -0.1) is 0 Å². The molecule has 4 rings (SSSR count). The molecule has 2 aliphatic rings. The van der Waals surface area contributed by atoms with Gasteiger partial charge in [0.05, 0.1) is 24.7 Å². The molecule has 1 atom stereocenters. The molecular weight excluding hydrogens is 350 g/mol. The highest BCUT2D eigenvalue weighted by atomic mass is 32.2. The van der Waals surface area contributed by atoms with E-state index >= 15 is 0 Å². The summed E-state index contributed by atoms with van der Waals surface area (Å²) in [6.07, 6.45) is 3.95. The van der Waals surface area contributed by atoms with Crippen LogP contribution >= 0.6 is 0 Å². The first-order chi connectivity index (χ1) is 12.4. The van der Waals surface area contributed by atoms with Crippen molar-refractivity contribution in [1.82, 2.24) is 9.88 Å². The van der Waals surface area contributed by atoms with E-state index in [1.807, 2.05) is 18.2 Å². The fourth-order valence-electron chi connectivity index (χ4n) is 4.14. The summed E-state index contributed by atoms with van der Waals surface area (Å²) in [5.41, 5.74) is 2.66. The second kappa shape index (κ2) is 6.25. The lowest BCUT2D eigenvalue weighted by Gasteiger charge is -2.25. The van der Waals surface area contributed by atoms with E-state index in [1.165, 1.54) is 16.1 Å². The number of benzene rings is 1. The molecule has 3 heterocycles. The lowest BCUT2D eigenvalue weighted by Crippen LogP contribution is -2.38. The minimum Gasteiger partial charge on any atom is -0.497 e. The molecule has 138 valence electrons. The standard InChI is InChI=1S/C19H23N3O3S/c1-25-16-7-5-15(6-8-16)12-21-11-9-19(13-21)14-22(26(2,23)24)17-4-3-10-20-18(17)19/h3-8,10H,9,11-14H2,1-2H3/t19-/m1/s1. The van der Waals surface area contributed by atoms with Crippen molar-refractivity contribution in [3.8, 4) is 5.75 Å². The van der Waals surface area contributed by atoms with Gasteiger partial charge in [-0.05, 0) is 42.8 Å². The molecular formula is C19H23N3O3S. The van der Waals surface area contributed by atoms with Crippen LogP contribution in [0.15, 0.2) is 42.6 Å². The first-order valence-corrected chi connectivity index (χ1v) is 10.5. The lowest BCUT2D eigenvalue weighted by atomic mass is 9.85. The van der Waals surface area contributed by atoms with Crippen LogP contribution in [-0.2, 0) is 22.0 Å². The molecule has 0 bridgehead atoms. The average molecular weight is 373 g/mol. The largest absolute Gasteiger partial charge is 0.497 e. The smallest absolute Gasteiger partial charge is 0.232 e. The van der Waals surface area contributed by atoms with Crippen molar-refractivity contribution in [2.24, 2.45) is 0 Å². The third-order valence-corrected chi connectivity index (χ3v) is 6.53. The summed E-state index contributed by atoms with van der Waals surface area (Å²) in [6.45, 7) is 3.07. The zero-order valence-electron chi connectivity index (χ0n) is 15.1. The van der Waals surface area contributed by atoms with Crippen molar-refractivity contribution in [3.63, 3.8) is 0 Å². The van der Waals surface area contributed by atoms with Gasteiger partial charge < -0.3 is 4.74 Å². The van der Waals surface area contributed by atoms with Gasteiger partial charge in [0.2, 0.25) is 10.0 Å². The maximum absolute atomic E-state index is 12.2. The van der Waals surface area contributed by atoms with Crippen LogP contribution in [0.25, 0.3) is 0 Å². The number of anilines is 1. The van der Waals surface area contributed by atoms with Crippen molar-refractivity contribution in [3.05, 3.63) is 53.9 Å². The molecule has 0 radical (unpaired) electrons. The Morgan fingerprint density at radius 1 is 1.19 bits per heavy atom. The monoisotopic (exact) mass is 373 g/mol. The second-order valence-corrected chi connectivity index (χ2v) is 9.14. The molecule has 1 spiro atoms. The Kier molecular flexibility index (Phi) is 4.16. The molecule has 2 aromatic rings. The highest BCUT2D eigenvalue weighted by Crippen LogP contribution is 2.46. The second-order valence-electron chi connectivity index (χ2n) is 7.23. The molecule has 0 aliphatic carbocycles. The summed E-state index contributed by atoms with van der Waals surface area (Å²) in [6, 6.07) is 11.8. The quantitative estimate of drug-likeness (QED) is 0.820. The number of rotatable bonds is 4. The number of aromatic nitrogens is 1. The SMILES string of the molecule is COc1ccc(CN2CC[C@@]3(C2)CN(S(C)(=O)=O)c2cccnc23)cc1. The highest BCUT2D eigenvalue weighted by molar-refractivity contribution is 7.92. The summed E-state index contributed by atoms with van der Waals surface area (Å²) < 4.78 is 31.2. The molecule has 2 aliphatic heterocycles. The van der Waals surface area contributed by atoms with Crippen molar-refractivity contribution >= 4 is 15.7 Å². The Hall–Kier alpha value is -2.12. The van der Waals surface area contributed by atoms with Crippen molar-refractivity contribution in [2.75, 3.05) is 37.3 Å².